The molecule has 0 fully saturated rings. The molecule has 0 saturated heterocycles. The topological polar surface area (TPSA) is 29.9 Å². The maximum absolute atomic E-state index is 4.55. The number of benzene rings is 1. The molecule has 20 heavy (non-hydrogen) atoms. The van der Waals surface area contributed by atoms with Gasteiger partial charge >= 0.3 is 0 Å². The van der Waals surface area contributed by atoms with Gasteiger partial charge in [-0.2, -0.15) is 5.10 Å². The summed E-state index contributed by atoms with van der Waals surface area (Å²) in [4.78, 5) is 0. The molecular formula is C16H22BrN3. The largest absolute Gasteiger partial charge is 0.380 e. The molecule has 0 spiro atoms. The van der Waals surface area contributed by atoms with Gasteiger partial charge in [-0.3, -0.25) is 4.68 Å². The van der Waals surface area contributed by atoms with Crippen molar-refractivity contribution in [2.75, 3.05) is 5.32 Å². The molecule has 0 atom stereocenters. The Kier molecular flexibility index (Phi) is 4.53. The van der Waals surface area contributed by atoms with E-state index in [9.17, 15) is 0 Å². The van der Waals surface area contributed by atoms with Crippen LogP contribution in [0.2, 0.25) is 0 Å². The molecule has 2 rings (SSSR count). The maximum atomic E-state index is 4.55. The summed E-state index contributed by atoms with van der Waals surface area (Å²) >= 11 is 3.54. The first-order chi connectivity index (χ1) is 9.38. The summed E-state index contributed by atoms with van der Waals surface area (Å²) in [6.45, 7) is 9.44. The molecule has 0 amide bonds. The zero-order valence-electron chi connectivity index (χ0n) is 12.8. The molecule has 0 aliphatic heterocycles. The van der Waals surface area contributed by atoms with E-state index in [1.165, 1.54) is 28.1 Å². The van der Waals surface area contributed by atoms with E-state index in [1.807, 2.05) is 11.7 Å². The second-order valence-corrected chi connectivity index (χ2v) is 6.55. The smallest absolute Gasteiger partial charge is 0.0699 e. The van der Waals surface area contributed by atoms with Gasteiger partial charge < -0.3 is 5.32 Å². The van der Waals surface area contributed by atoms with Crippen molar-refractivity contribution in [1.29, 1.82) is 0 Å². The number of hydrogen-bond acceptors (Lipinski definition) is 2. The van der Waals surface area contributed by atoms with E-state index in [2.05, 4.69) is 72.4 Å². The molecule has 1 aromatic carbocycles. The van der Waals surface area contributed by atoms with Gasteiger partial charge in [0, 0.05) is 35.5 Å². The Morgan fingerprint density at radius 1 is 1.25 bits per heavy atom. The van der Waals surface area contributed by atoms with E-state index in [-0.39, 0.29) is 0 Å². The Balaban J connectivity index is 2.21. The zero-order valence-corrected chi connectivity index (χ0v) is 14.4. The predicted octanol–water partition coefficient (Wildman–Crippen LogP) is 4.53. The van der Waals surface area contributed by atoms with Crippen LogP contribution in [-0.4, -0.2) is 9.78 Å². The Morgan fingerprint density at radius 3 is 2.40 bits per heavy atom. The SMILES string of the molecule is Cc1cc(Br)cc(C)c1NCc1cn(C)nc1C(C)C. The van der Waals surface area contributed by atoms with Crippen LogP contribution in [0.5, 0.6) is 0 Å². The van der Waals surface area contributed by atoms with Crippen molar-refractivity contribution in [1.82, 2.24) is 9.78 Å². The first-order valence-corrected chi connectivity index (χ1v) is 7.70. The van der Waals surface area contributed by atoms with Crippen LogP contribution in [0.25, 0.3) is 0 Å². The molecule has 0 unspecified atom stereocenters. The Labute approximate surface area is 129 Å². The van der Waals surface area contributed by atoms with E-state index >= 15 is 0 Å². The zero-order chi connectivity index (χ0) is 14.9. The third-order valence-electron chi connectivity index (χ3n) is 3.44. The number of hydrogen-bond donors (Lipinski definition) is 1. The minimum Gasteiger partial charge on any atom is -0.380 e. The van der Waals surface area contributed by atoms with E-state index in [0.717, 1.165) is 11.0 Å². The number of halogens is 1. The van der Waals surface area contributed by atoms with Crippen LogP contribution in [0.4, 0.5) is 5.69 Å². The van der Waals surface area contributed by atoms with E-state index in [4.69, 9.17) is 0 Å². The average Bonchev–Trinajstić information content (AvgIpc) is 2.69. The third kappa shape index (κ3) is 3.23. The van der Waals surface area contributed by atoms with Gasteiger partial charge in [-0.15, -0.1) is 0 Å². The molecule has 1 heterocycles. The van der Waals surface area contributed by atoms with Crippen LogP contribution in [0, 0.1) is 13.8 Å². The van der Waals surface area contributed by atoms with Gasteiger partial charge in [0.25, 0.3) is 0 Å². The van der Waals surface area contributed by atoms with E-state index < -0.39 is 0 Å². The number of aromatic nitrogens is 2. The van der Waals surface area contributed by atoms with E-state index in [0.29, 0.717) is 5.92 Å². The molecule has 4 heteroatoms. The Bertz CT molecular complexity index is 591. The number of anilines is 1. The van der Waals surface area contributed by atoms with Crippen LogP contribution in [0.3, 0.4) is 0 Å². The Morgan fingerprint density at radius 2 is 1.85 bits per heavy atom. The molecule has 0 aliphatic rings. The van der Waals surface area contributed by atoms with Crippen molar-refractivity contribution < 1.29 is 0 Å². The van der Waals surface area contributed by atoms with Crippen molar-refractivity contribution in [2.24, 2.45) is 7.05 Å². The minimum atomic E-state index is 0.445. The molecule has 0 bridgehead atoms. The molecule has 0 aliphatic carbocycles. The number of aryl methyl sites for hydroxylation is 3. The van der Waals surface area contributed by atoms with Crippen molar-refractivity contribution in [3.8, 4) is 0 Å². The highest BCUT2D eigenvalue weighted by Gasteiger charge is 2.12. The lowest BCUT2D eigenvalue weighted by Gasteiger charge is -2.14. The summed E-state index contributed by atoms with van der Waals surface area (Å²) in [5.74, 6) is 0.445. The molecule has 0 radical (unpaired) electrons. The van der Waals surface area contributed by atoms with Crippen molar-refractivity contribution >= 4 is 21.6 Å². The monoisotopic (exact) mass is 335 g/mol. The summed E-state index contributed by atoms with van der Waals surface area (Å²) in [6, 6.07) is 4.28. The fraction of sp³-hybridized carbons (Fsp3) is 0.438. The highest BCUT2D eigenvalue weighted by Crippen LogP contribution is 2.26. The lowest BCUT2D eigenvalue weighted by atomic mass is 10.1. The van der Waals surface area contributed by atoms with Crippen molar-refractivity contribution in [3.63, 3.8) is 0 Å². The molecule has 0 saturated carbocycles. The molecule has 1 aromatic heterocycles. The second kappa shape index (κ2) is 6.00. The highest BCUT2D eigenvalue weighted by molar-refractivity contribution is 9.10. The van der Waals surface area contributed by atoms with Gasteiger partial charge in [0.2, 0.25) is 0 Å². The van der Waals surface area contributed by atoms with Crippen LogP contribution < -0.4 is 5.32 Å². The van der Waals surface area contributed by atoms with Crippen LogP contribution in [0.15, 0.2) is 22.8 Å². The van der Waals surface area contributed by atoms with Crippen LogP contribution in [-0.2, 0) is 13.6 Å². The standard InChI is InChI=1S/C16H22BrN3/c1-10(2)15-13(9-20(5)19-15)8-18-16-11(3)6-14(17)7-12(16)4/h6-7,9-10,18H,8H2,1-5H3. The van der Waals surface area contributed by atoms with Gasteiger partial charge in [-0.1, -0.05) is 29.8 Å². The normalized spacial score (nSPS) is 11.2. The summed E-state index contributed by atoms with van der Waals surface area (Å²) in [5, 5.41) is 8.11. The molecule has 2 aromatic rings. The van der Waals surface area contributed by atoms with Crippen LogP contribution >= 0.6 is 15.9 Å². The van der Waals surface area contributed by atoms with E-state index in [1.54, 1.807) is 0 Å². The highest BCUT2D eigenvalue weighted by atomic mass is 79.9. The summed E-state index contributed by atoms with van der Waals surface area (Å²) < 4.78 is 3.02. The van der Waals surface area contributed by atoms with Gasteiger partial charge in [-0.25, -0.2) is 0 Å². The van der Waals surface area contributed by atoms with Crippen molar-refractivity contribution in [2.45, 2.75) is 40.2 Å². The van der Waals surface area contributed by atoms with Gasteiger partial charge in [0.15, 0.2) is 0 Å². The first-order valence-electron chi connectivity index (χ1n) is 6.91. The predicted molar refractivity (Wildman–Crippen MR) is 88.2 cm³/mol. The lowest BCUT2D eigenvalue weighted by Crippen LogP contribution is -2.05. The van der Waals surface area contributed by atoms with Gasteiger partial charge in [0.05, 0.1) is 5.69 Å². The lowest BCUT2D eigenvalue weighted by molar-refractivity contribution is 0.712. The fourth-order valence-corrected chi connectivity index (χ4v) is 3.24. The second-order valence-electron chi connectivity index (χ2n) is 5.64. The number of nitrogens with one attached hydrogen (secondary N) is 1. The van der Waals surface area contributed by atoms with Gasteiger partial charge in [-0.05, 0) is 43.0 Å². The first kappa shape index (κ1) is 15.1. The van der Waals surface area contributed by atoms with Gasteiger partial charge in [0.1, 0.15) is 0 Å². The van der Waals surface area contributed by atoms with Crippen LogP contribution in [0.1, 0.15) is 42.1 Å². The summed E-state index contributed by atoms with van der Waals surface area (Å²) in [7, 11) is 1.98. The average molecular weight is 336 g/mol. The molecule has 3 nitrogen and oxygen atoms in total. The maximum Gasteiger partial charge on any atom is 0.0699 e. The van der Waals surface area contributed by atoms with Crippen molar-refractivity contribution in [3.05, 3.63) is 45.2 Å². The summed E-state index contributed by atoms with van der Waals surface area (Å²) in [5.41, 5.74) is 6.17. The Hall–Kier alpha value is -1.29. The fourth-order valence-electron chi connectivity index (χ4n) is 2.55. The minimum absolute atomic E-state index is 0.445. The number of rotatable bonds is 4. The third-order valence-corrected chi connectivity index (χ3v) is 3.89. The summed E-state index contributed by atoms with van der Waals surface area (Å²) in [6.07, 6.45) is 2.10. The number of nitrogens with zero attached hydrogens (tertiary/aromatic N) is 2. The molecular weight excluding hydrogens is 314 g/mol. The quantitative estimate of drug-likeness (QED) is 0.889. The molecule has 1 N–H and O–H groups in total. The molecule has 108 valence electrons.